The van der Waals surface area contributed by atoms with Gasteiger partial charge >= 0.3 is 0 Å². The molecule has 1 saturated heterocycles. The summed E-state index contributed by atoms with van der Waals surface area (Å²) in [6.07, 6.45) is 9.18. The Morgan fingerprint density at radius 3 is 2.74 bits per heavy atom. The van der Waals surface area contributed by atoms with Crippen molar-refractivity contribution < 1.29 is 9.59 Å². The predicted molar refractivity (Wildman–Crippen MR) is 120 cm³/mol. The van der Waals surface area contributed by atoms with Crippen LogP contribution in [-0.4, -0.2) is 45.4 Å². The van der Waals surface area contributed by atoms with Crippen LogP contribution in [0.1, 0.15) is 56.9 Å². The van der Waals surface area contributed by atoms with Gasteiger partial charge in [0, 0.05) is 32.1 Å². The average molecular weight is 425 g/mol. The van der Waals surface area contributed by atoms with Crippen molar-refractivity contribution in [2.24, 2.45) is 5.92 Å². The number of piperidine rings is 1. The molecule has 4 rings (SSSR count). The van der Waals surface area contributed by atoms with Gasteiger partial charge < -0.3 is 10.2 Å². The van der Waals surface area contributed by atoms with E-state index in [1.807, 2.05) is 19.1 Å². The van der Waals surface area contributed by atoms with E-state index < -0.39 is 0 Å². The van der Waals surface area contributed by atoms with Crippen molar-refractivity contribution in [2.75, 3.05) is 13.1 Å². The molecule has 0 bridgehead atoms. The Kier molecular flexibility index (Phi) is 6.68. The monoisotopic (exact) mass is 424 g/mol. The first kappa shape index (κ1) is 21.5. The van der Waals surface area contributed by atoms with Crippen LogP contribution in [0.25, 0.3) is 10.9 Å². The van der Waals surface area contributed by atoms with Crippen molar-refractivity contribution in [3.63, 3.8) is 0 Å². The lowest BCUT2D eigenvalue weighted by Crippen LogP contribution is -2.48. The number of fused-ring (bicyclic) bond motifs is 1. The molecule has 1 saturated carbocycles. The van der Waals surface area contributed by atoms with Gasteiger partial charge in [-0.05, 0) is 44.2 Å². The van der Waals surface area contributed by atoms with Crippen LogP contribution in [0.3, 0.4) is 0 Å². The Balaban J connectivity index is 1.34. The molecule has 1 N–H and O–H groups in total. The maximum absolute atomic E-state index is 12.8. The topological polar surface area (TPSA) is 84.3 Å². The molecule has 166 valence electrons. The number of hydrogen-bond acceptors (Lipinski definition) is 4. The predicted octanol–water partition coefficient (Wildman–Crippen LogP) is 2.78. The summed E-state index contributed by atoms with van der Waals surface area (Å²) in [7, 11) is 0. The van der Waals surface area contributed by atoms with E-state index in [9.17, 15) is 14.4 Å². The molecule has 2 heterocycles. The molecule has 0 radical (unpaired) electrons. The molecule has 2 aliphatic rings. The van der Waals surface area contributed by atoms with Gasteiger partial charge in [-0.3, -0.25) is 19.0 Å². The summed E-state index contributed by atoms with van der Waals surface area (Å²) in [6, 6.07) is 5.85. The number of rotatable bonds is 5. The second-order valence-corrected chi connectivity index (χ2v) is 8.99. The molecule has 7 nitrogen and oxygen atoms in total. The van der Waals surface area contributed by atoms with Gasteiger partial charge in [0.25, 0.3) is 5.56 Å². The van der Waals surface area contributed by atoms with Gasteiger partial charge in [0.2, 0.25) is 11.8 Å². The maximum atomic E-state index is 12.8. The van der Waals surface area contributed by atoms with Gasteiger partial charge in [0.05, 0.1) is 23.1 Å². The zero-order chi connectivity index (χ0) is 21.8. The van der Waals surface area contributed by atoms with Crippen molar-refractivity contribution in [1.82, 2.24) is 19.8 Å². The summed E-state index contributed by atoms with van der Waals surface area (Å²) < 4.78 is 1.51. The number of para-hydroxylation sites is 1. The lowest BCUT2D eigenvalue weighted by Gasteiger charge is -2.33. The van der Waals surface area contributed by atoms with Gasteiger partial charge in [-0.2, -0.15) is 0 Å². The Morgan fingerprint density at radius 1 is 1.13 bits per heavy atom. The second-order valence-electron chi connectivity index (χ2n) is 8.99. The maximum Gasteiger partial charge on any atom is 0.261 e. The van der Waals surface area contributed by atoms with Crippen molar-refractivity contribution in [1.29, 1.82) is 0 Å². The van der Waals surface area contributed by atoms with Crippen molar-refractivity contribution in [3.05, 3.63) is 40.4 Å². The summed E-state index contributed by atoms with van der Waals surface area (Å²) in [6.45, 7) is 3.38. The number of benzene rings is 1. The SMILES string of the molecule is Cc1cccc2c(=O)n(CCC(=O)N3CCCC(C(=O)NC4CCCCC4)C3)cnc12. The Labute approximate surface area is 182 Å². The van der Waals surface area contributed by atoms with Crippen LogP contribution >= 0.6 is 0 Å². The lowest BCUT2D eigenvalue weighted by molar-refractivity contribution is -0.136. The van der Waals surface area contributed by atoms with Crippen LogP contribution in [0, 0.1) is 12.8 Å². The summed E-state index contributed by atoms with van der Waals surface area (Å²) in [5, 5.41) is 3.78. The number of amides is 2. The highest BCUT2D eigenvalue weighted by Gasteiger charge is 2.29. The molecule has 1 aliphatic carbocycles. The first-order chi connectivity index (χ1) is 15.0. The standard InChI is InChI=1S/C24H32N4O3/c1-17-7-5-11-20-22(17)25-16-28(24(20)31)14-12-21(29)27-13-6-8-18(15-27)23(30)26-19-9-3-2-4-10-19/h5,7,11,16,18-19H,2-4,6,8-10,12-15H2,1H3,(H,26,30). The van der Waals surface area contributed by atoms with E-state index in [2.05, 4.69) is 10.3 Å². The fourth-order valence-corrected chi connectivity index (χ4v) is 4.85. The number of carbonyl (C=O) groups excluding carboxylic acids is 2. The molecular weight excluding hydrogens is 392 g/mol. The minimum Gasteiger partial charge on any atom is -0.353 e. The molecule has 1 aliphatic heterocycles. The molecule has 7 heteroatoms. The number of aryl methyl sites for hydroxylation is 2. The molecule has 1 atom stereocenters. The Morgan fingerprint density at radius 2 is 1.94 bits per heavy atom. The minimum atomic E-state index is -0.132. The first-order valence-electron chi connectivity index (χ1n) is 11.6. The Hall–Kier alpha value is -2.70. The fourth-order valence-electron chi connectivity index (χ4n) is 4.85. The summed E-state index contributed by atoms with van der Waals surface area (Å²) >= 11 is 0. The fraction of sp³-hybridized carbons (Fsp3) is 0.583. The molecular formula is C24H32N4O3. The van der Waals surface area contributed by atoms with Crippen molar-refractivity contribution in [2.45, 2.75) is 70.9 Å². The molecule has 1 aromatic heterocycles. The van der Waals surface area contributed by atoms with Crippen LogP contribution < -0.4 is 10.9 Å². The quantitative estimate of drug-likeness (QED) is 0.800. The van der Waals surface area contributed by atoms with E-state index in [1.165, 1.54) is 30.2 Å². The van der Waals surface area contributed by atoms with Gasteiger partial charge in [-0.1, -0.05) is 31.4 Å². The largest absolute Gasteiger partial charge is 0.353 e. The van der Waals surface area contributed by atoms with E-state index in [4.69, 9.17) is 0 Å². The number of likely N-dealkylation sites (tertiary alicyclic amines) is 1. The molecule has 0 spiro atoms. The minimum absolute atomic E-state index is 0.00796. The zero-order valence-corrected chi connectivity index (χ0v) is 18.3. The number of carbonyl (C=O) groups is 2. The third-order valence-electron chi connectivity index (χ3n) is 6.72. The highest BCUT2D eigenvalue weighted by molar-refractivity contribution is 5.82. The molecule has 1 aromatic carbocycles. The third-order valence-corrected chi connectivity index (χ3v) is 6.72. The third kappa shape index (κ3) is 4.97. The molecule has 31 heavy (non-hydrogen) atoms. The van der Waals surface area contributed by atoms with E-state index in [1.54, 1.807) is 11.0 Å². The number of aromatic nitrogens is 2. The van der Waals surface area contributed by atoms with Crippen LogP contribution in [0.5, 0.6) is 0 Å². The van der Waals surface area contributed by atoms with Gasteiger partial charge in [-0.25, -0.2) is 4.98 Å². The second kappa shape index (κ2) is 9.62. The van der Waals surface area contributed by atoms with Gasteiger partial charge in [0.15, 0.2) is 0 Å². The van der Waals surface area contributed by atoms with E-state index in [-0.39, 0.29) is 29.7 Å². The smallest absolute Gasteiger partial charge is 0.261 e. The number of nitrogens with one attached hydrogen (secondary N) is 1. The van der Waals surface area contributed by atoms with Crippen LogP contribution in [0.2, 0.25) is 0 Å². The normalized spacial score (nSPS) is 20.0. The lowest BCUT2D eigenvalue weighted by atomic mass is 9.93. The Bertz CT molecular complexity index is 1010. The van der Waals surface area contributed by atoms with Crippen molar-refractivity contribution in [3.8, 4) is 0 Å². The first-order valence-corrected chi connectivity index (χ1v) is 11.6. The molecule has 1 unspecified atom stereocenters. The zero-order valence-electron chi connectivity index (χ0n) is 18.3. The molecule has 2 fully saturated rings. The highest BCUT2D eigenvalue weighted by atomic mass is 16.2. The van der Waals surface area contributed by atoms with Crippen LogP contribution in [0.15, 0.2) is 29.3 Å². The van der Waals surface area contributed by atoms with E-state index >= 15 is 0 Å². The van der Waals surface area contributed by atoms with E-state index in [0.717, 1.165) is 31.2 Å². The number of hydrogen-bond donors (Lipinski definition) is 1. The molecule has 2 aromatic rings. The number of nitrogens with zero attached hydrogens (tertiary/aromatic N) is 3. The van der Waals surface area contributed by atoms with Crippen LogP contribution in [0.4, 0.5) is 0 Å². The summed E-state index contributed by atoms with van der Waals surface area (Å²) in [5.41, 5.74) is 1.55. The summed E-state index contributed by atoms with van der Waals surface area (Å²) in [4.78, 5) is 44.5. The molecule has 2 amide bonds. The summed E-state index contributed by atoms with van der Waals surface area (Å²) in [5.74, 6) is -0.0474. The van der Waals surface area contributed by atoms with Crippen LogP contribution in [-0.2, 0) is 16.1 Å². The van der Waals surface area contributed by atoms with Gasteiger partial charge in [-0.15, -0.1) is 0 Å². The highest BCUT2D eigenvalue weighted by Crippen LogP contribution is 2.21. The average Bonchev–Trinajstić information content (AvgIpc) is 2.79. The van der Waals surface area contributed by atoms with Crippen molar-refractivity contribution >= 4 is 22.7 Å². The van der Waals surface area contributed by atoms with E-state index in [0.29, 0.717) is 36.6 Å². The van der Waals surface area contributed by atoms with Gasteiger partial charge in [0.1, 0.15) is 0 Å².